The average molecular weight is 376 g/mol. The number of ether oxygens (including phenoxy) is 1. The molecule has 0 aliphatic carbocycles. The second kappa shape index (κ2) is 7.10. The molecule has 1 aromatic heterocycles. The maximum atomic E-state index is 12.3. The minimum Gasteiger partial charge on any atom is -0.406 e. The maximum Gasteiger partial charge on any atom is 0.573 e. The van der Waals surface area contributed by atoms with E-state index in [2.05, 4.69) is 14.9 Å². The third kappa shape index (κ3) is 4.43. The zero-order valence-corrected chi connectivity index (χ0v) is 14.2. The first-order chi connectivity index (χ1) is 12.7. The number of rotatable bonds is 4. The number of nitrogens with zero attached hydrogens (tertiary/aromatic N) is 3. The molecule has 0 unspecified atom stereocenters. The van der Waals surface area contributed by atoms with Gasteiger partial charge in [-0.2, -0.15) is 10.2 Å². The Hall–Kier alpha value is -3.36. The van der Waals surface area contributed by atoms with Crippen LogP contribution in [-0.4, -0.2) is 22.6 Å². The van der Waals surface area contributed by atoms with Crippen molar-refractivity contribution in [3.63, 3.8) is 0 Å². The van der Waals surface area contributed by atoms with E-state index in [1.165, 1.54) is 29.2 Å². The molecule has 2 amide bonds. The number of nitrogens with two attached hydrogens (primary N) is 1. The summed E-state index contributed by atoms with van der Waals surface area (Å²) in [5, 5.41) is 8.76. The number of aryl methyl sites for hydroxylation is 1. The van der Waals surface area contributed by atoms with Crippen LogP contribution in [0.1, 0.15) is 11.3 Å². The van der Waals surface area contributed by atoms with E-state index < -0.39 is 12.4 Å². The van der Waals surface area contributed by atoms with Gasteiger partial charge in [0.15, 0.2) is 0 Å². The molecular weight excluding hydrogens is 361 g/mol. The fraction of sp³-hybridized carbons (Fsp3) is 0.167. The summed E-state index contributed by atoms with van der Waals surface area (Å²) in [5.74, 6) is -0.340. The first-order valence-corrected chi connectivity index (χ1v) is 7.87. The smallest absolute Gasteiger partial charge is 0.406 e. The monoisotopic (exact) mass is 376 g/mol. The van der Waals surface area contributed by atoms with Crippen LogP contribution in [0.4, 0.5) is 23.7 Å². The second-order valence-electron chi connectivity index (χ2n) is 5.81. The summed E-state index contributed by atoms with van der Waals surface area (Å²) in [7, 11) is 0. The van der Waals surface area contributed by atoms with Crippen molar-refractivity contribution in [2.75, 3.05) is 4.90 Å². The molecule has 3 rings (SSSR count). The van der Waals surface area contributed by atoms with Gasteiger partial charge in [0.05, 0.1) is 23.4 Å². The Morgan fingerprint density at radius 1 is 1.15 bits per heavy atom. The summed E-state index contributed by atoms with van der Waals surface area (Å²) in [6.07, 6.45) is -4.76. The van der Waals surface area contributed by atoms with Gasteiger partial charge in [0, 0.05) is 5.39 Å². The summed E-state index contributed by atoms with van der Waals surface area (Å²) >= 11 is 0. The van der Waals surface area contributed by atoms with Crippen molar-refractivity contribution in [3.05, 3.63) is 59.8 Å². The van der Waals surface area contributed by atoms with Crippen LogP contribution < -0.4 is 15.4 Å². The molecule has 0 fully saturated rings. The third-order valence-corrected chi connectivity index (χ3v) is 3.78. The number of fused-ring (bicyclic) bond motifs is 1. The number of hydrogen-bond donors (Lipinski definition) is 1. The molecule has 9 heteroatoms. The number of hydrogen-bond acceptors (Lipinski definition) is 4. The molecule has 1 heterocycles. The summed E-state index contributed by atoms with van der Waals surface area (Å²) in [4.78, 5) is 13.3. The van der Waals surface area contributed by atoms with Gasteiger partial charge >= 0.3 is 12.4 Å². The van der Waals surface area contributed by atoms with Crippen molar-refractivity contribution in [3.8, 4) is 5.75 Å². The van der Waals surface area contributed by atoms with E-state index >= 15 is 0 Å². The Morgan fingerprint density at radius 2 is 1.85 bits per heavy atom. The van der Waals surface area contributed by atoms with E-state index in [-0.39, 0.29) is 12.3 Å². The number of anilines is 1. The minimum atomic E-state index is -4.76. The predicted octanol–water partition coefficient (Wildman–Crippen LogP) is 3.92. The van der Waals surface area contributed by atoms with Gasteiger partial charge in [-0.05, 0) is 42.8 Å². The van der Waals surface area contributed by atoms with Crippen LogP contribution in [0.5, 0.6) is 5.75 Å². The molecule has 0 bridgehead atoms. The fourth-order valence-electron chi connectivity index (χ4n) is 2.64. The summed E-state index contributed by atoms with van der Waals surface area (Å²) < 4.78 is 40.6. The van der Waals surface area contributed by atoms with Gasteiger partial charge in [-0.25, -0.2) is 4.79 Å². The Labute approximate surface area is 152 Å². The highest BCUT2D eigenvalue weighted by atomic mass is 19.4. The summed E-state index contributed by atoms with van der Waals surface area (Å²) in [6, 6.07) is 11.5. The largest absolute Gasteiger partial charge is 0.573 e. The number of urea groups is 1. The molecule has 0 aliphatic rings. The lowest BCUT2D eigenvalue weighted by molar-refractivity contribution is -0.274. The quantitative estimate of drug-likeness (QED) is 0.748. The SMILES string of the molecule is Cc1cc2c(N(Cc3ccc(OC(F)(F)F)cc3)C(N)=O)cccc2nn1. The molecular formula is C18H15F3N4O2. The number of carbonyl (C=O) groups is 1. The van der Waals surface area contributed by atoms with Crippen molar-refractivity contribution in [2.45, 2.75) is 19.8 Å². The second-order valence-corrected chi connectivity index (χ2v) is 5.81. The topological polar surface area (TPSA) is 81.3 Å². The van der Waals surface area contributed by atoms with Gasteiger partial charge in [0.2, 0.25) is 0 Å². The van der Waals surface area contributed by atoms with E-state index in [0.717, 1.165) is 0 Å². The Bertz CT molecular complexity index is 974. The number of primary amides is 1. The number of benzene rings is 2. The summed E-state index contributed by atoms with van der Waals surface area (Å²) in [6.45, 7) is 1.85. The molecule has 3 aromatic rings. The number of carbonyl (C=O) groups excluding carboxylic acids is 1. The predicted molar refractivity (Wildman–Crippen MR) is 93.2 cm³/mol. The fourth-order valence-corrected chi connectivity index (χ4v) is 2.64. The van der Waals surface area contributed by atoms with Crippen LogP contribution in [0, 0.1) is 6.92 Å². The molecule has 27 heavy (non-hydrogen) atoms. The van der Waals surface area contributed by atoms with Crippen LogP contribution in [0.2, 0.25) is 0 Å². The Morgan fingerprint density at radius 3 is 2.48 bits per heavy atom. The average Bonchev–Trinajstić information content (AvgIpc) is 2.59. The zero-order valence-electron chi connectivity index (χ0n) is 14.2. The van der Waals surface area contributed by atoms with Gasteiger partial charge in [-0.15, -0.1) is 13.2 Å². The van der Waals surface area contributed by atoms with Gasteiger partial charge in [0.25, 0.3) is 0 Å². The van der Waals surface area contributed by atoms with Crippen LogP contribution in [-0.2, 0) is 6.54 Å². The Kier molecular flexibility index (Phi) is 4.85. The third-order valence-electron chi connectivity index (χ3n) is 3.78. The molecule has 0 spiro atoms. The van der Waals surface area contributed by atoms with Crippen molar-refractivity contribution in [1.82, 2.24) is 10.2 Å². The van der Waals surface area contributed by atoms with Gasteiger partial charge < -0.3 is 10.5 Å². The molecule has 6 nitrogen and oxygen atoms in total. The lowest BCUT2D eigenvalue weighted by Crippen LogP contribution is -2.35. The standard InChI is InChI=1S/C18H15F3N4O2/c1-11-9-14-15(24-23-11)3-2-4-16(14)25(17(22)26)10-12-5-7-13(8-6-12)27-18(19,20)21/h2-9H,10H2,1H3,(H2,22,26). The molecule has 0 saturated carbocycles. The normalized spacial score (nSPS) is 11.4. The van der Waals surface area contributed by atoms with E-state index in [1.807, 2.05) is 0 Å². The van der Waals surface area contributed by atoms with E-state index in [1.54, 1.807) is 31.2 Å². The number of amides is 2. The van der Waals surface area contributed by atoms with Crippen LogP contribution in [0.25, 0.3) is 10.9 Å². The lowest BCUT2D eigenvalue weighted by atomic mass is 10.1. The van der Waals surface area contributed by atoms with Crippen molar-refractivity contribution in [1.29, 1.82) is 0 Å². The van der Waals surface area contributed by atoms with Crippen molar-refractivity contribution >= 4 is 22.6 Å². The number of halogens is 3. The van der Waals surface area contributed by atoms with Gasteiger partial charge in [-0.3, -0.25) is 4.90 Å². The minimum absolute atomic E-state index is 0.0715. The van der Waals surface area contributed by atoms with Crippen LogP contribution >= 0.6 is 0 Å². The first-order valence-electron chi connectivity index (χ1n) is 7.87. The molecule has 0 aliphatic heterocycles. The van der Waals surface area contributed by atoms with E-state index in [0.29, 0.717) is 27.8 Å². The zero-order chi connectivity index (χ0) is 19.6. The highest BCUT2D eigenvalue weighted by Crippen LogP contribution is 2.28. The van der Waals surface area contributed by atoms with Crippen molar-refractivity contribution < 1.29 is 22.7 Å². The van der Waals surface area contributed by atoms with Crippen molar-refractivity contribution in [2.24, 2.45) is 5.73 Å². The molecule has 0 saturated heterocycles. The van der Waals surface area contributed by atoms with Crippen LogP contribution in [0.15, 0.2) is 48.5 Å². The summed E-state index contributed by atoms with van der Waals surface area (Å²) in [5.41, 5.74) is 7.92. The molecule has 0 atom stereocenters. The van der Waals surface area contributed by atoms with Crippen LogP contribution in [0.3, 0.4) is 0 Å². The highest BCUT2D eigenvalue weighted by molar-refractivity contribution is 6.01. The Balaban J connectivity index is 1.92. The highest BCUT2D eigenvalue weighted by Gasteiger charge is 2.31. The molecule has 0 radical (unpaired) electrons. The van der Waals surface area contributed by atoms with E-state index in [4.69, 9.17) is 5.73 Å². The van der Waals surface area contributed by atoms with Gasteiger partial charge in [-0.1, -0.05) is 18.2 Å². The van der Waals surface area contributed by atoms with Gasteiger partial charge in [0.1, 0.15) is 5.75 Å². The number of alkyl halides is 3. The number of aromatic nitrogens is 2. The molecule has 2 aromatic carbocycles. The maximum absolute atomic E-state index is 12.3. The first kappa shape index (κ1) is 18.4. The lowest BCUT2D eigenvalue weighted by Gasteiger charge is -2.22. The van der Waals surface area contributed by atoms with E-state index in [9.17, 15) is 18.0 Å². The molecule has 2 N–H and O–H groups in total. The molecule has 140 valence electrons.